The van der Waals surface area contributed by atoms with Crippen LogP contribution in [0.4, 0.5) is 5.69 Å². The molecule has 4 nitrogen and oxygen atoms in total. The van der Waals surface area contributed by atoms with E-state index in [4.69, 9.17) is 10.5 Å². The Labute approximate surface area is 128 Å². The fourth-order valence-corrected chi connectivity index (χ4v) is 4.00. The smallest absolute Gasteiger partial charge is 0.266 e. The summed E-state index contributed by atoms with van der Waals surface area (Å²) >= 11 is 1.50. The fraction of sp³-hybridized carbons (Fsp3) is 0.438. The molecule has 0 atom stereocenters. The second-order valence-electron chi connectivity index (χ2n) is 5.53. The minimum Gasteiger partial charge on any atom is -0.397 e. The number of anilines is 1. The summed E-state index contributed by atoms with van der Waals surface area (Å²) in [6, 6.07) is 7.92. The molecule has 0 bridgehead atoms. The number of rotatable bonds is 3. The van der Waals surface area contributed by atoms with Crippen molar-refractivity contribution in [3.8, 4) is 0 Å². The van der Waals surface area contributed by atoms with Crippen LogP contribution in [0, 0.1) is 5.92 Å². The van der Waals surface area contributed by atoms with Gasteiger partial charge in [-0.2, -0.15) is 0 Å². The number of carbonyl (C=O) groups excluding carboxylic acids is 1. The molecule has 112 valence electrons. The number of ether oxygens (including phenoxy) is 1. The van der Waals surface area contributed by atoms with E-state index in [9.17, 15) is 4.79 Å². The maximum atomic E-state index is 12.7. The summed E-state index contributed by atoms with van der Waals surface area (Å²) in [4.78, 5) is 15.3. The third kappa shape index (κ3) is 2.76. The number of likely N-dealkylation sites (tertiary alicyclic amines) is 1. The van der Waals surface area contributed by atoms with E-state index in [1.54, 1.807) is 7.11 Å². The van der Waals surface area contributed by atoms with E-state index < -0.39 is 0 Å². The predicted octanol–water partition coefficient (Wildman–Crippen LogP) is 2.98. The van der Waals surface area contributed by atoms with Gasteiger partial charge in [0.2, 0.25) is 0 Å². The summed E-state index contributed by atoms with van der Waals surface area (Å²) in [5.41, 5.74) is 6.79. The lowest BCUT2D eigenvalue weighted by Crippen LogP contribution is -2.39. The van der Waals surface area contributed by atoms with Crippen molar-refractivity contribution >= 4 is 33.0 Å². The number of methoxy groups -OCH3 is 1. The second kappa shape index (κ2) is 6.03. The van der Waals surface area contributed by atoms with Crippen LogP contribution in [-0.2, 0) is 4.74 Å². The minimum absolute atomic E-state index is 0.0737. The van der Waals surface area contributed by atoms with E-state index in [1.807, 2.05) is 29.2 Å². The molecule has 0 radical (unpaired) electrons. The highest BCUT2D eigenvalue weighted by atomic mass is 32.1. The van der Waals surface area contributed by atoms with Crippen LogP contribution >= 0.6 is 11.3 Å². The summed E-state index contributed by atoms with van der Waals surface area (Å²) in [6.45, 7) is 2.37. The Morgan fingerprint density at radius 2 is 2.10 bits per heavy atom. The minimum atomic E-state index is 0.0737. The van der Waals surface area contributed by atoms with Crippen LogP contribution in [-0.4, -0.2) is 37.6 Å². The van der Waals surface area contributed by atoms with Crippen molar-refractivity contribution < 1.29 is 9.53 Å². The molecule has 1 aromatic carbocycles. The number of hydrogen-bond donors (Lipinski definition) is 1. The van der Waals surface area contributed by atoms with Crippen LogP contribution in [0.15, 0.2) is 24.3 Å². The van der Waals surface area contributed by atoms with Crippen LogP contribution in [0.25, 0.3) is 10.1 Å². The first-order valence-corrected chi connectivity index (χ1v) is 8.07. The zero-order valence-electron chi connectivity index (χ0n) is 12.2. The molecular weight excluding hydrogens is 284 g/mol. The number of amides is 1. The molecule has 1 saturated heterocycles. The van der Waals surface area contributed by atoms with Crippen molar-refractivity contribution in [2.45, 2.75) is 12.8 Å². The van der Waals surface area contributed by atoms with Gasteiger partial charge in [0.25, 0.3) is 5.91 Å². The van der Waals surface area contributed by atoms with Crippen molar-refractivity contribution in [2.24, 2.45) is 5.92 Å². The summed E-state index contributed by atoms with van der Waals surface area (Å²) in [7, 11) is 1.73. The van der Waals surface area contributed by atoms with Crippen molar-refractivity contribution in [1.82, 2.24) is 4.90 Å². The fourth-order valence-electron chi connectivity index (χ4n) is 2.91. The summed E-state index contributed by atoms with van der Waals surface area (Å²) in [6.07, 6.45) is 2.01. The Hall–Kier alpha value is -1.59. The number of thiophene rings is 1. The topological polar surface area (TPSA) is 55.6 Å². The molecule has 2 heterocycles. The lowest BCUT2D eigenvalue weighted by atomic mass is 9.97. The number of nitrogens with two attached hydrogens (primary N) is 1. The highest BCUT2D eigenvalue weighted by Gasteiger charge is 2.26. The Kier molecular flexibility index (Phi) is 4.12. The third-order valence-corrected chi connectivity index (χ3v) is 5.31. The van der Waals surface area contributed by atoms with Crippen LogP contribution in [0.5, 0.6) is 0 Å². The molecule has 0 aliphatic carbocycles. The molecule has 3 rings (SSSR count). The molecule has 1 fully saturated rings. The molecule has 1 aromatic heterocycles. The van der Waals surface area contributed by atoms with Gasteiger partial charge in [0, 0.05) is 36.9 Å². The van der Waals surface area contributed by atoms with E-state index in [-0.39, 0.29) is 5.91 Å². The number of piperidine rings is 1. The van der Waals surface area contributed by atoms with Gasteiger partial charge in [0.15, 0.2) is 0 Å². The zero-order valence-corrected chi connectivity index (χ0v) is 13.0. The predicted molar refractivity (Wildman–Crippen MR) is 86.7 cm³/mol. The molecule has 1 amide bonds. The van der Waals surface area contributed by atoms with E-state index in [1.165, 1.54) is 11.3 Å². The standard InChI is InChI=1S/C16H20N2O2S/c1-20-10-11-6-8-18(9-7-11)16(19)15-14(17)12-4-2-3-5-13(12)21-15/h2-5,11H,6-10,17H2,1H3. The van der Waals surface area contributed by atoms with E-state index in [0.717, 1.165) is 42.6 Å². The van der Waals surface area contributed by atoms with E-state index in [0.29, 0.717) is 16.5 Å². The molecule has 5 heteroatoms. The monoisotopic (exact) mass is 304 g/mol. The number of nitrogen functional groups attached to an aromatic ring is 1. The Bertz CT molecular complexity index is 645. The molecule has 0 spiro atoms. The van der Waals surface area contributed by atoms with Crippen molar-refractivity contribution in [3.05, 3.63) is 29.1 Å². The van der Waals surface area contributed by atoms with E-state index in [2.05, 4.69) is 0 Å². The average molecular weight is 304 g/mol. The molecular formula is C16H20N2O2S. The van der Waals surface area contributed by atoms with Gasteiger partial charge in [-0.1, -0.05) is 18.2 Å². The second-order valence-corrected chi connectivity index (χ2v) is 6.58. The highest BCUT2D eigenvalue weighted by Crippen LogP contribution is 2.34. The van der Waals surface area contributed by atoms with Gasteiger partial charge in [-0.25, -0.2) is 0 Å². The Balaban J connectivity index is 1.77. The van der Waals surface area contributed by atoms with Crippen LogP contribution in [0.2, 0.25) is 0 Å². The van der Waals surface area contributed by atoms with Gasteiger partial charge in [0.1, 0.15) is 4.88 Å². The Morgan fingerprint density at radius 1 is 1.38 bits per heavy atom. The number of nitrogens with zero attached hydrogens (tertiary/aromatic N) is 1. The van der Waals surface area contributed by atoms with Crippen molar-refractivity contribution in [1.29, 1.82) is 0 Å². The largest absolute Gasteiger partial charge is 0.397 e. The zero-order chi connectivity index (χ0) is 14.8. The summed E-state index contributed by atoms with van der Waals surface area (Å²) in [5, 5.41) is 0.986. The number of carbonyl (C=O) groups is 1. The molecule has 1 aliphatic heterocycles. The van der Waals surface area contributed by atoms with Crippen molar-refractivity contribution in [3.63, 3.8) is 0 Å². The number of fused-ring (bicyclic) bond motifs is 1. The van der Waals surface area contributed by atoms with Gasteiger partial charge in [-0.15, -0.1) is 11.3 Å². The molecule has 2 N–H and O–H groups in total. The summed E-state index contributed by atoms with van der Waals surface area (Å²) in [5.74, 6) is 0.642. The van der Waals surface area contributed by atoms with Crippen LogP contribution < -0.4 is 5.73 Å². The molecule has 0 saturated carbocycles. The normalized spacial score (nSPS) is 16.5. The number of benzene rings is 1. The van der Waals surface area contributed by atoms with Gasteiger partial charge in [-0.3, -0.25) is 4.79 Å². The molecule has 2 aromatic rings. The Morgan fingerprint density at radius 3 is 2.76 bits per heavy atom. The van der Waals surface area contributed by atoms with Crippen LogP contribution in [0.1, 0.15) is 22.5 Å². The van der Waals surface area contributed by atoms with Crippen molar-refractivity contribution in [2.75, 3.05) is 32.5 Å². The molecule has 21 heavy (non-hydrogen) atoms. The quantitative estimate of drug-likeness (QED) is 0.948. The first-order chi connectivity index (χ1) is 10.2. The first kappa shape index (κ1) is 14.4. The highest BCUT2D eigenvalue weighted by molar-refractivity contribution is 7.21. The summed E-state index contributed by atoms with van der Waals surface area (Å²) < 4.78 is 6.28. The van der Waals surface area contributed by atoms with Gasteiger partial charge >= 0.3 is 0 Å². The SMILES string of the molecule is COCC1CCN(C(=O)c2sc3ccccc3c2N)CC1. The van der Waals surface area contributed by atoms with Gasteiger partial charge in [-0.05, 0) is 24.8 Å². The maximum Gasteiger partial charge on any atom is 0.266 e. The van der Waals surface area contributed by atoms with Crippen LogP contribution in [0.3, 0.4) is 0 Å². The number of hydrogen-bond acceptors (Lipinski definition) is 4. The van der Waals surface area contributed by atoms with E-state index >= 15 is 0 Å². The average Bonchev–Trinajstić information content (AvgIpc) is 2.85. The lowest BCUT2D eigenvalue weighted by molar-refractivity contribution is 0.0619. The van der Waals surface area contributed by atoms with Gasteiger partial charge in [0.05, 0.1) is 5.69 Å². The third-order valence-electron chi connectivity index (χ3n) is 4.13. The van der Waals surface area contributed by atoms with Gasteiger partial charge < -0.3 is 15.4 Å². The molecule has 0 unspecified atom stereocenters. The maximum absolute atomic E-state index is 12.7. The molecule has 1 aliphatic rings. The lowest BCUT2D eigenvalue weighted by Gasteiger charge is -2.31. The first-order valence-electron chi connectivity index (χ1n) is 7.26.